The molecule has 0 unspecified atom stereocenters. The zero-order valence-corrected chi connectivity index (χ0v) is 17.4. The van der Waals surface area contributed by atoms with E-state index < -0.39 is 0 Å². The van der Waals surface area contributed by atoms with Crippen molar-refractivity contribution in [3.8, 4) is 0 Å². The SMILES string of the molecule is CC(=O)Nc1ccc(NC(=O)Cn2cnc3nc(N4CCCCC4)sc3c2=O)cc1. The Bertz CT molecular complexity index is 1130. The summed E-state index contributed by atoms with van der Waals surface area (Å²) in [4.78, 5) is 47.2. The maximum atomic E-state index is 12.8. The lowest BCUT2D eigenvalue weighted by Gasteiger charge is -2.25. The Kier molecular flexibility index (Phi) is 5.75. The summed E-state index contributed by atoms with van der Waals surface area (Å²) in [6.45, 7) is 3.16. The van der Waals surface area contributed by atoms with Gasteiger partial charge in [0.05, 0.1) is 0 Å². The molecule has 10 heteroatoms. The lowest BCUT2D eigenvalue weighted by Crippen LogP contribution is -2.29. The number of nitrogens with zero attached hydrogens (tertiary/aromatic N) is 4. The first-order valence-corrected chi connectivity index (χ1v) is 10.6. The molecule has 3 heterocycles. The Balaban J connectivity index is 1.46. The van der Waals surface area contributed by atoms with E-state index in [4.69, 9.17) is 0 Å². The zero-order valence-electron chi connectivity index (χ0n) is 16.6. The van der Waals surface area contributed by atoms with Gasteiger partial charge < -0.3 is 15.5 Å². The Hall–Kier alpha value is -3.27. The van der Waals surface area contributed by atoms with Crippen LogP contribution in [0.3, 0.4) is 0 Å². The molecular formula is C20H22N6O3S. The van der Waals surface area contributed by atoms with Gasteiger partial charge in [0.25, 0.3) is 5.56 Å². The molecule has 2 N–H and O–H groups in total. The predicted octanol–water partition coefficient (Wildman–Crippen LogP) is 2.44. The van der Waals surface area contributed by atoms with Crippen LogP contribution in [0.15, 0.2) is 35.4 Å². The van der Waals surface area contributed by atoms with Gasteiger partial charge in [0.15, 0.2) is 10.8 Å². The number of anilines is 3. The van der Waals surface area contributed by atoms with Gasteiger partial charge in [0.1, 0.15) is 17.6 Å². The van der Waals surface area contributed by atoms with Crippen molar-refractivity contribution in [1.29, 1.82) is 0 Å². The molecule has 156 valence electrons. The topological polar surface area (TPSA) is 109 Å². The maximum Gasteiger partial charge on any atom is 0.273 e. The minimum absolute atomic E-state index is 0.147. The van der Waals surface area contributed by atoms with Gasteiger partial charge in [-0.3, -0.25) is 19.0 Å². The van der Waals surface area contributed by atoms with Crippen LogP contribution in [0.2, 0.25) is 0 Å². The van der Waals surface area contributed by atoms with E-state index in [0.29, 0.717) is 21.7 Å². The first-order chi connectivity index (χ1) is 14.5. The summed E-state index contributed by atoms with van der Waals surface area (Å²) in [6, 6.07) is 6.75. The van der Waals surface area contributed by atoms with Crippen molar-refractivity contribution in [2.24, 2.45) is 0 Å². The second-order valence-electron chi connectivity index (χ2n) is 7.18. The summed E-state index contributed by atoms with van der Waals surface area (Å²) < 4.78 is 1.76. The van der Waals surface area contributed by atoms with Crippen LogP contribution in [-0.2, 0) is 16.1 Å². The van der Waals surface area contributed by atoms with Crippen LogP contribution in [-0.4, -0.2) is 39.4 Å². The number of carbonyl (C=O) groups excluding carboxylic acids is 2. The van der Waals surface area contributed by atoms with Crippen molar-refractivity contribution in [3.05, 3.63) is 40.9 Å². The number of piperidine rings is 1. The van der Waals surface area contributed by atoms with Crippen molar-refractivity contribution in [2.45, 2.75) is 32.7 Å². The van der Waals surface area contributed by atoms with Crippen LogP contribution in [0.1, 0.15) is 26.2 Å². The van der Waals surface area contributed by atoms with Gasteiger partial charge in [-0.15, -0.1) is 0 Å². The van der Waals surface area contributed by atoms with Gasteiger partial charge in [0, 0.05) is 31.4 Å². The molecule has 0 spiro atoms. The van der Waals surface area contributed by atoms with E-state index >= 15 is 0 Å². The molecule has 30 heavy (non-hydrogen) atoms. The highest BCUT2D eigenvalue weighted by Gasteiger charge is 2.18. The van der Waals surface area contributed by atoms with Crippen molar-refractivity contribution in [2.75, 3.05) is 28.6 Å². The highest BCUT2D eigenvalue weighted by atomic mass is 32.1. The number of aromatic nitrogens is 3. The number of rotatable bonds is 5. The zero-order chi connectivity index (χ0) is 21.1. The lowest BCUT2D eigenvalue weighted by molar-refractivity contribution is -0.117. The highest BCUT2D eigenvalue weighted by Crippen LogP contribution is 2.27. The molecule has 0 radical (unpaired) electrons. The molecule has 4 rings (SSSR count). The Morgan fingerprint density at radius 1 is 1.07 bits per heavy atom. The first-order valence-electron chi connectivity index (χ1n) is 9.78. The largest absolute Gasteiger partial charge is 0.348 e. The molecule has 2 aromatic heterocycles. The molecule has 0 atom stereocenters. The number of carbonyl (C=O) groups is 2. The summed E-state index contributed by atoms with van der Waals surface area (Å²) in [5, 5.41) is 6.22. The molecule has 1 aromatic carbocycles. The van der Waals surface area contributed by atoms with Gasteiger partial charge in [-0.05, 0) is 43.5 Å². The van der Waals surface area contributed by atoms with E-state index in [0.717, 1.165) is 31.1 Å². The summed E-state index contributed by atoms with van der Waals surface area (Å²) >= 11 is 1.33. The average Bonchev–Trinajstić information content (AvgIpc) is 3.17. The molecule has 1 aliphatic rings. The van der Waals surface area contributed by atoms with Gasteiger partial charge in [-0.25, -0.2) is 4.98 Å². The third-order valence-electron chi connectivity index (χ3n) is 4.80. The average molecular weight is 427 g/mol. The van der Waals surface area contributed by atoms with E-state index in [1.165, 1.54) is 35.6 Å². The molecule has 2 amide bonds. The third-order valence-corrected chi connectivity index (χ3v) is 5.90. The molecule has 1 aliphatic heterocycles. The van der Waals surface area contributed by atoms with Gasteiger partial charge in [0.2, 0.25) is 11.8 Å². The normalized spacial score (nSPS) is 14.0. The van der Waals surface area contributed by atoms with Gasteiger partial charge in [-0.1, -0.05) is 11.3 Å². The van der Waals surface area contributed by atoms with Crippen molar-refractivity contribution in [1.82, 2.24) is 14.5 Å². The van der Waals surface area contributed by atoms with Crippen molar-refractivity contribution >= 4 is 50.0 Å². The highest BCUT2D eigenvalue weighted by molar-refractivity contribution is 7.22. The van der Waals surface area contributed by atoms with E-state index in [1.54, 1.807) is 24.3 Å². The lowest BCUT2D eigenvalue weighted by atomic mass is 10.1. The first kappa shape index (κ1) is 20.0. The van der Waals surface area contributed by atoms with Crippen LogP contribution in [0, 0.1) is 0 Å². The quantitative estimate of drug-likeness (QED) is 0.649. The predicted molar refractivity (Wildman–Crippen MR) is 117 cm³/mol. The van der Waals surface area contributed by atoms with Crippen LogP contribution in [0.25, 0.3) is 10.3 Å². The number of hydrogen-bond acceptors (Lipinski definition) is 7. The summed E-state index contributed by atoms with van der Waals surface area (Å²) in [5.41, 5.74) is 1.37. The smallest absolute Gasteiger partial charge is 0.273 e. The number of benzene rings is 1. The monoisotopic (exact) mass is 426 g/mol. The number of nitrogens with one attached hydrogen (secondary N) is 2. The Labute approximate surface area is 176 Å². The van der Waals surface area contributed by atoms with Crippen LogP contribution in [0.5, 0.6) is 0 Å². The fourth-order valence-electron chi connectivity index (χ4n) is 3.36. The van der Waals surface area contributed by atoms with Crippen molar-refractivity contribution in [3.63, 3.8) is 0 Å². The summed E-state index contributed by atoms with van der Waals surface area (Å²) in [7, 11) is 0. The fourth-order valence-corrected chi connectivity index (χ4v) is 4.38. The molecule has 0 bridgehead atoms. The van der Waals surface area contributed by atoms with E-state index in [-0.39, 0.29) is 23.9 Å². The molecular weight excluding hydrogens is 404 g/mol. The summed E-state index contributed by atoms with van der Waals surface area (Å²) in [5.74, 6) is -0.508. The second kappa shape index (κ2) is 8.62. The Morgan fingerprint density at radius 2 is 1.73 bits per heavy atom. The number of hydrogen-bond donors (Lipinski definition) is 2. The number of thiazole rings is 1. The third kappa shape index (κ3) is 4.48. The van der Waals surface area contributed by atoms with E-state index in [1.807, 2.05) is 0 Å². The van der Waals surface area contributed by atoms with Crippen LogP contribution in [0.4, 0.5) is 16.5 Å². The van der Waals surface area contributed by atoms with Gasteiger partial charge >= 0.3 is 0 Å². The molecule has 3 aromatic rings. The van der Waals surface area contributed by atoms with E-state index in [9.17, 15) is 14.4 Å². The molecule has 9 nitrogen and oxygen atoms in total. The second-order valence-corrected chi connectivity index (χ2v) is 8.16. The number of amides is 2. The summed E-state index contributed by atoms with van der Waals surface area (Å²) in [6.07, 6.45) is 4.83. The van der Waals surface area contributed by atoms with Crippen molar-refractivity contribution < 1.29 is 9.59 Å². The Morgan fingerprint density at radius 3 is 2.40 bits per heavy atom. The molecule has 1 fully saturated rings. The molecule has 0 aliphatic carbocycles. The molecule has 1 saturated heterocycles. The molecule has 0 saturated carbocycles. The maximum absolute atomic E-state index is 12.8. The van der Waals surface area contributed by atoms with Gasteiger partial charge in [-0.2, -0.15) is 4.98 Å². The standard InChI is InChI=1S/C20H22N6O3S/c1-13(27)22-14-5-7-15(8-6-14)23-16(28)11-26-12-21-18-17(19(26)29)30-20(24-18)25-9-3-2-4-10-25/h5-8,12H,2-4,9-11H2,1H3,(H,22,27)(H,23,28). The fraction of sp³-hybridized carbons (Fsp3) is 0.350. The van der Waals surface area contributed by atoms with E-state index in [2.05, 4.69) is 25.5 Å². The number of fused-ring (bicyclic) bond motifs is 1. The van der Waals surface area contributed by atoms with Crippen LogP contribution >= 0.6 is 11.3 Å². The van der Waals surface area contributed by atoms with Crippen LogP contribution < -0.4 is 21.1 Å². The minimum atomic E-state index is -0.341. The minimum Gasteiger partial charge on any atom is -0.348 e.